The fraction of sp³-hybridized carbons (Fsp3) is 0.469. The van der Waals surface area contributed by atoms with Crippen molar-refractivity contribution in [1.29, 1.82) is 0 Å². The number of aromatic nitrogens is 4. The summed E-state index contributed by atoms with van der Waals surface area (Å²) in [5, 5.41) is 19.5. The number of phenols is 1. The van der Waals surface area contributed by atoms with E-state index in [4.69, 9.17) is 14.6 Å². The van der Waals surface area contributed by atoms with Crippen LogP contribution in [-0.4, -0.2) is 35.5 Å². The molecular formula is C32H40F2N4O9. The summed E-state index contributed by atoms with van der Waals surface area (Å²) in [6.45, 7) is 7.12. The first kappa shape index (κ1) is 36.7. The van der Waals surface area contributed by atoms with Gasteiger partial charge in [-0.15, -0.1) is 0 Å². The highest BCUT2D eigenvalue weighted by Gasteiger charge is 2.32. The predicted octanol–water partition coefficient (Wildman–Crippen LogP) is 4.01. The number of hydrogen-bond acceptors (Lipinski definition) is 9. The van der Waals surface area contributed by atoms with E-state index < -0.39 is 53.7 Å². The van der Waals surface area contributed by atoms with Crippen LogP contribution in [0.25, 0.3) is 0 Å². The van der Waals surface area contributed by atoms with Gasteiger partial charge in [0.1, 0.15) is 18.2 Å². The summed E-state index contributed by atoms with van der Waals surface area (Å²) in [5.41, 5.74) is -1.43. The second-order valence-electron chi connectivity index (χ2n) is 11.6. The number of hydrogen-bond donors (Lipinski definition) is 4. The zero-order valence-electron chi connectivity index (χ0n) is 26.7. The van der Waals surface area contributed by atoms with Crippen LogP contribution in [-0.2, 0) is 24.6 Å². The van der Waals surface area contributed by atoms with Gasteiger partial charge in [-0.25, -0.2) is 14.4 Å². The van der Waals surface area contributed by atoms with Gasteiger partial charge >= 0.3 is 17.5 Å². The first-order valence-electron chi connectivity index (χ1n) is 15.2. The summed E-state index contributed by atoms with van der Waals surface area (Å²) in [6.07, 6.45) is 7.95. The maximum Gasteiger partial charge on any atom is 0.515 e. The van der Waals surface area contributed by atoms with E-state index in [1.165, 1.54) is 5.57 Å². The number of aliphatic hydroxyl groups is 1. The first-order valence-corrected chi connectivity index (χ1v) is 15.2. The van der Waals surface area contributed by atoms with E-state index in [0.29, 0.717) is 39.4 Å². The van der Waals surface area contributed by atoms with Crippen LogP contribution in [0.15, 0.2) is 55.4 Å². The number of carbonyl (C=O) groups excluding carboxylic acids is 1. The van der Waals surface area contributed by atoms with Gasteiger partial charge in [0, 0.05) is 11.5 Å². The fourth-order valence-corrected chi connectivity index (χ4v) is 5.35. The van der Waals surface area contributed by atoms with Gasteiger partial charge in [-0.3, -0.25) is 28.7 Å². The molecule has 15 heteroatoms. The molecule has 2 heterocycles. The molecule has 0 fully saturated rings. The molecule has 13 nitrogen and oxygen atoms in total. The third kappa shape index (κ3) is 9.85. The molecule has 47 heavy (non-hydrogen) atoms. The summed E-state index contributed by atoms with van der Waals surface area (Å²) < 4.78 is 37.8. The minimum atomic E-state index is -1.18. The minimum Gasteiger partial charge on any atom is -0.507 e. The highest BCUT2D eigenvalue weighted by Crippen LogP contribution is 2.47. The highest BCUT2D eigenvalue weighted by atomic mass is 19.1. The number of aliphatic hydroxyl groups excluding tert-OH is 1. The van der Waals surface area contributed by atoms with Crippen molar-refractivity contribution >= 4 is 6.16 Å². The predicted molar refractivity (Wildman–Crippen MR) is 167 cm³/mol. The molecule has 4 rings (SSSR count). The average molecular weight is 663 g/mol. The maximum atomic E-state index is 13.5. The Labute approximate surface area is 268 Å². The summed E-state index contributed by atoms with van der Waals surface area (Å²) in [6, 6.07) is 3.49. The van der Waals surface area contributed by atoms with Crippen molar-refractivity contribution in [2.24, 2.45) is 11.8 Å². The molecule has 0 radical (unpaired) electrons. The second-order valence-corrected chi connectivity index (χ2v) is 11.6. The average Bonchev–Trinajstić information content (AvgIpc) is 3.00. The number of ether oxygens (including phenoxy) is 2. The summed E-state index contributed by atoms with van der Waals surface area (Å²) >= 11 is 0. The first-order chi connectivity index (χ1) is 22.2. The molecule has 0 saturated heterocycles. The SMILES string of the molecule is CCCCCc1cc(O)c([C@H]2C=C(C)CC[C@@H]2C(C)C)c(OC(=O)OCn2cc(F)c(=O)[nH]c2=O)c1.O=c1[nH]c(=O)n(CO)cc1F. The molecule has 4 N–H and O–H groups in total. The third-order valence-electron chi connectivity index (χ3n) is 7.84. The third-order valence-corrected chi connectivity index (χ3v) is 7.84. The Morgan fingerprint density at radius 3 is 2.23 bits per heavy atom. The van der Waals surface area contributed by atoms with Crippen molar-refractivity contribution in [2.45, 2.75) is 85.6 Å². The Bertz CT molecular complexity index is 1820. The summed E-state index contributed by atoms with van der Waals surface area (Å²) in [5.74, 6) is -1.59. The lowest BCUT2D eigenvalue weighted by atomic mass is 9.71. The number of allylic oxidation sites excluding steroid dienone is 2. The molecule has 0 bridgehead atoms. The molecule has 3 aromatic rings. The Morgan fingerprint density at radius 1 is 1.02 bits per heavy atom. The zero-order chi connectivity index (χ0) is 34.8. The molecule has 2 aromatic heterocycles. The number of nitrogens with one attached hydrogen (secondary N) is 2. The van der Waals surface area contributed by atoms with Gasteiger partial charge in [-0.2, -0.15) is 8.78 Å². The number of carbonyl (C=O) groups is 1. The van der Waals surface area contributed by atoms with Crippen molar-refractivity contribution in [3.05, 3.63) is 101 Å². The van der Waals surface area contributed by atoms with E-state index in [1.807, 2.05) is 0 Å². The van der Waals surface area contributed by atoms with Gasteiger partial charge in [0.15, 0.2) is 6.73 Å². The van der Waals surface area contributed by atoms with Gasteiger partial charge in [-0.1, -0.05) is 45.3 Å². The van der Waals surface area contributed by atoms with Crippen LogP contribution in [0.3, 0.4) is 0 Å². The van der Waals surface area contributed by atoms with Gasteiger partial charge in [0.05, 0.1) is 12.4 Å². The summed E-state index contributed by atoms with van der Waals surface area (Å²) in [7, 11) is 0. The van der Waals surface area contributed by atoms with Crippen molar-refractivity contribution in [3.63, 3.8) is 0 Å². The summed E-state index contributed by atoms with van der Waals surface area (Å²) in [4.78, 5) is 60.1. The van der Waals surface area contributed by atoms with Crippen molar-refractivity contribution in [1.82, 2.24) is 19.1 Å². The van der Waals surface area contributed by atoms with Crippen LogP contribution < -0.4 is 27.2 Å². The highest BCUT2D eigenvalue weighted by molar-refractivity contribution is 5.66. The largest absolute Gasteiger partial charge is 0.515 e. The van der Waals surface area contributed by atoms with E-state index in [2.05, 4.69) is 33.8 Å². The Kier molecular flexibility index (Phi) is 13.0. The number of benzene rings is 1. The Hall–Kier alpha value is -4.79. The van der Waals surface area contributed by atoms with E-state index >= 15 is 0 Å². The number of unbranched alkanes of at least 4 members (excludes halogenated alkanes) is 2. The number of halogens is 2. The molecular weight excluding hydrogens is 622 g/mol. The van der Waals surface area contributed by atoms with Gasteiger partial charge in [0.2, 0.25) is 11.6 Å². The Balaban J connectivity index is 0.000000461. The lowest BCUT2D eigenvalue weighted by Crippen LogP contribution is -2.32. The fourth-order valence-electron chi connectivity index (χ4n) is 5.35. The Morgan fingerprint density at radius 2 is 1.64 bits per heavy atom. The monoisotopic (exact) mass is 662 g/mol. The standard InChI is InChI=1S/C27H35FN2O6.C5H5FN2O3/c1-5-6-7-8-18-12-22(31)24(20-11-17(4)9-10-19(20)16(2)3)23(13-18)36-27(34)35-15-30-14-21(28)25(32)29-26(30)33;6-3-1-8(2-9)5(11)7-4(3)10/h11-14,16,19-20,31H,5-10,15H2,1-4H3,(H,29,32,33);1,9H,2H2,(H,7,10,11)/t19-,20+;/m1./s1. The van der Waals surface area contributed by atoms with Gasteiger partial charge in [0.25, 0.3) is 11.1 Å². The lowest BCUT2D eigenvalue weighted by Gasteiger charge is -2.34. The van der Waals surface area contributed by atoms with Crippen molar-refractivity contribution in [3.8, 4) is 11.5 Å². The maximum absolute atomic E-state index is 13.5. The number of aromatic amines is 2. The number of nitrogens with zero attached hydrogens (tertiary/aromatic N) is 2. The van der Waals surface area contributed by atoms with E-state index in [0.717, 1.165) is 37.7 Å². The van der Waals surface area contributed by atoms with Crippen molar-refractivity contribution < 1.29 is 33.3 Å². The molecule has 0 unspecified atom stereocenters. The molecule has 0 saturated carbocycles. The van der Waals surface area contributed by atoms with Crippen LogP contribution in [0.4, 0.5) is 13.6 Å². The van der Waals surface area contributed by atoms with E-state index in [9.17, 15) is 37.9 Å². The van der Waals surface area contributed by atoms with E-state index in [-0.39, 0.29) is 23.3 Å². The van der Waals surface area contributed by atoms with Crippen LogP contribution >= 0.6 is 0 Å². The van der Waals surface area contributed by atoms with Crippen LogP contribution in [0.5, 0.6) is 11.5 Å². The molecule has 2 atom stereocenters. The number of phenolic OH excluding ortho intramolecular Hbond substituents is 1. The number of aryl methyl sites for hydroxylation is 1. The number of aromatic hydroxyl groups is 1. The lowest BCUT2D eigenvalue weighted by molar-refractivity contribution is 0.0688. The van der Waals surface area contributed by atoms with Crippen molar-refractivity contribution in [2.75, 3.05) is 0 Å². The molecule has 256 valence electrons. The quantitative estimate of drug-likeness (QED) is 0.108. The number of H-pyrrole nitrogens is 2. The van der Waals surface area contributed by atoms with Crippen LogP contribution in [0.2, 0.25) is 0 Å². The second kappa shape index (κ2) is 16.7. The molecule has 1 aliphatic carbocycles. The molecule has 1 aliphatic rings. The molecule has 0 aliphatic heterocycles. The zero-order valence-corrected chi connectivity index (χ0v) is 26.7. The minimum absolute atomic E-state index is 0.0623. The normalized spacial score (nSPS) is 15.9. The van der Waals surface area contributed by atoms with Crippen LogP contribution in [0, 0.1) is 23.5 Å². The van der Waals surface area contributed by atoms with Crippen LogP contribution in [0.1, 0.15) is 76.8 Å². The molecule has 1 aromatic carbocycles. The van der Waals surface area contributed by atoms with E-state index in [1.54, 1.807) is 22.1 Å². The molecule has 0 amide bonds. The smallest absolute Gasteiger partial charge is 0.507 e. The van der Waals surface area contributed by atoms with Gasteiger partial charge < -0.3 is 19.7 Å². The molecule has 0 spiro atoms. The number of rotatable bonds is 10. The van der Waals surface area contributed by atoms with Gasteiger partial charge in [-0.05, 0) is 62.1 Å². The topological polar surface area (TPSA) is 186 Å².